The minimum atomic E-state index is -0.650. The Morgan fingerprint density at radius 2 is 1.59 bits per heavy atom. The first-order valence-electron chi connectivity index (χ1n) is 10.7. The molecule has 0 aliphatic carbocycles. The van der Waals surface area contributed by atoms with Crippen molar-refractivity contribution in [1.29, 1.82) is 0 Å². The summed E-state index contributed by atoms with van der Waals surface area (Å²) in [6, 6.07) is 14.2. The maximum atomic E-state index is 12.8. The van der Waals surface area contributed by atoms with Crippen LogP contribution in [0.15, 0.2) is 57.7 Å². The van der Waals surface area contributed by atoms with Gasteiger partial charge in [0.15, 0.2) is 0 Å². The minimum Gasteiger partial charge on any atom is -0.507 e. The Bertz CT molecular complexity index is 1210. The van der Waals surface area contributed by atoms with Crippen molar-refractivity contribution in [3.05, 3.63) is 70.1 Å². The summed E-state index contributed by atoms with van der Waals surface area (Å²) in [5.74, 6) is -0.893. The van der Waals surface area contributed by atoms with Crippen molar-refractivity contribution in [2.75, 3.05) is 0 Å². The molecule has 6 nitrogen and oxygen atoms in total. The highest BCUT2D eigenvalue weighted by atomic mass is 16.7. The van der Waals surface area contributed by atoms with Gasteiger partial charge in [0.1, 0.15) is 17.1 Å². The van der Waals surface area contributed by atoms with Crippen molar-refractivity contribution >= 4 is 29.3 Å². The van der Waals surface area contributed by atoms with Gasteiger partial charge < -0.3 is 18.8 Å². The van der Waals surface area contributed by atoms with Crippen LogP contribution in [-0.2, 0) is 14.1 Å². The number of hydrogen-bond acceptors (Lipinski definition) is 6. The molecule has 1 unspecified atom stereocenters. The first-order valence-corrected chi connectivity index (χ1v) is 10.7. The van der Waals surface area contributed by atoms with Crippen LogP contribution in [0.25, 0.3) is 11.0 Å². The van der Waals surface area contributed by atoms with Gasteiger partial charge in [0.25, 0.3) is 0 Å². The zero-order valence-electron chi connectivity index (χ0n) is 19.0. The third-order valence-corrected chi connectivity index (χ3v) is 6.52. The summed E-state index contributed by atoms with van der Waals surface area (Å²) in [5, 5.41) is 11.3. The van der Waals surface area contributed by atoms with Crippen LogP contribution >= 0.6 is 0 Å². The van der Waals surface area contributed by atoms with Crippen LogP contribution < -0.4 is 11.1 Å². The average molecular weight is 434 g/mol. The van der Waals surface area contributed by atoms with E-state index in [-0.39, 0.29) is 23.5 Å². The SMILES string of the molecule is CC(=O)CC(c1ccc(B2OC(C)(C)C(C)(C)O2)cc1)c1c(O)c2ccccc2oc1=O. The third kappa shape index (κ3) is 3.87. The Morgan fingerprint density at radius 3 is 2.19 bits per heavy atom. The fourth-order valence-electron chi connectivity index (χ4n) is 3.99. The predicted octanol–water partition coefficient (Wildman–Crippen LogP) is 3.91. The van der Waals surface area contributed by atoms with E-state index in [1.807, 2.05) is 52.0 Å². The van der Waals surface area contributed by atoms with Gasteiger partial charge in [-0.15, -0.1) is 0 Å². The Hall–Kier alpha value is -2.90. The Labute approximate surface area is 187 Å². The molecule has 1 saturated heterocycles. The lowest BCUT2D eigenvalue weighted by Crippen LogP contribution is -2.41. The van der Waals surface area contributed by atoms with Crippen molar-refractivity contribution in [2.45, 2.75) is 58.2 Å². The maximum absolute atomic E-state index is 12.8. The van der Waals surface area contributed by atoms with Gasteiger partial charge in [-0.25, -0.2) is 4.79 Å². The maximum Gasteiger partial charge on any atom is 0.494 e. The number of Topliss-reactive ketones (excluding diaryl/α,β-unsaturated/α-hetero) is 1. The fourth-order valence-corrected chi connectivity index (χ4v) is 3.99. The molecule has 0 radical (unpaired) electrons. The molecule has 3 aromatic rings. The Morgan fingerprint density at radius 1 is 1.00 bits per heavy atom. The number of aromatic hydroxyl groups is 1. The summed E-state index contributed by atoms with van der Waals surface area (Å²) in [5.41, 5.74) is 0.385. The highest BCUT2D eigenvalue weighted by Crippen LogP contribution is 2.38. The van der Waals surface area contributed by atoms with E-state index in [0.717, 1.165) is 11.0 Å². The molecule has 4 rings (SSSR count). The molecule has 0 amide bonds. The second-order valence-electron chi connectivity index (χ2n) is 9.36. The van der Waals surface area contributed by atoms with Crippen molar-refractivity contribution in [3.63, 3.8) is 0 Å². The predicted molar refractivity (Wildman–Crippen MR) is 123 cm³/mol. The van der Waals surface area contributed by atoms with E-state index < -0.39 is 29.9 Å². The molecule has 1 aliphatic rings. The number of ketones is 1. The molecule has 0 spiro atoms. The van der Waals surface area contributed by atoms with Gasteiger partial charge in [0.2, 0.25) is 0 Å². The zero-order chi connectivity index (χ0) is 23.3. The molecule has 7 heteroatoms. The van der Waals surface area contributed by atoms with Gasteiger partial charge in [-0.2, -0.15) is 0 Å². The quantitative estimate of drug-likeness (QED) is 0.484. The molecule has 2 aromatic carbocycles. The van der Waals surface area contributed by atoms with Crippen molar-refractivity contribution in [2.24, 2.45) is 0 Å². The Kier molecular flexibility index (Phi) is 5.51. The summed E-state index contributed by atoms with van der Waals surface area (Å²) in [4.78, 5) is 24.8. The van der Waals surface area contributed by atoms with Gasteiger partial charge in [0.05, 0.1) is 22.2 Å². The summed E-state index contributed by atoms with van der Waals surface area (Å²) in [6.45, 7) is 9.43. The van der Waals surface area contributed by atoms with E-state index in [1.54, 1.807) is 24.3 Å². The Balaban J connectivity index is 1.74. The lowest BCUT2D eigenvalue weighted by molar-refractivity contribution is -0.117. The lowest BCUT2D eigenvalue weighted by Gasteiger charge is -2.32. The van der Waals surface area contributed by atoms with E-state index >= 15 is 0 Å². The molecule has 1 N–H and O–H groups in total. The van der Waals surface area contributed by atoms with Crippen LogP contribution in [0.4, 0.5) is 0 Å². The van der Waals surface area contributed by atoms with Crippen LogP contribution in [0.1, 0.15) is 58.1 Å². The third-order valence-electron chi connectivity index (χ3n) is 6.52. The summed E-state index contributed by atoms with van der Waals surface area (Å²) < 4.78 is 17.7. The molecular formula is C25H27BO6. The molecule has 166 valence electrons. The highest BCUT2D eigenvalue weighted by molar-refractivity contribution is 6.62. The van der Waals surface area contributed by atoms with Crippen LogP contribution in [0.5, 0.6) is 5.75 Å². The molecule has 32 heavy (non-hydrogen) atoms. The molecule has 0 bridgehead atoms. The smallest absolute Gasteiger partial charge is 0.494 e. The highest BCUT2D eigenvalue weighted by Gasteiger charge is 2.51. The number of rotatable bonds is 5. The van der Waals surface area contributed by atoms with Crippen LogP contribution in [0.3, 0.4) is 0 Å². The molecular weight excluding hydrogens is 407 g/mol. The molecule has 1 atom stereocenters. The number of carbonyl (C=O) groups excluding carboxylic acids is 1. The summed E-state index contributed by atoms with van der Waals surface area (Å²) >= 11 is 0. The molecule has 2 heterocycles. The molecule has 1 aromatic heterocycles. The fraction of sp³-hybridized carbons (Fsp3) is 0.360. The first kappa shape index (κ1) is 22.3. The normalized spacial score (nSPS) is 18.1. The topological polar surface area (TPSA) is 86.0 Å². The minimum absolute atomic E-state index is 0.0620. The number of hydrogen-bond donors (Lipinski definition) is 1. The van der Waals surface area contributed by atoms with Crippen molar-refractivity contribution < 1.29 is 23.6 Å². The van der Waals surface area contributed by atoms with Gasteiger partial charge in [-0.3, -0.25) is 4.79 Å². The van der Waals surface area contributed by atoms with E-state index in [4.69, 9.17) is 13.7 Å². The lowest BCUT2D eigenvalue weighted by atomic mass is 9.77. The summed E-state index contributed by atoms with van der Waals surface area (Å²) in [7, 11) is -0.514. The standard InChI is InChI=1S/C25H27BO6/c1-15(27)14-19(21-22(28)18-8-6-7-9-20(18)30-23(21)29)16-10-12-17(13-11-16)26-31-24(2,3)25(4,5)32-26/h6-13,19,28H,14H2,1-5H3. The van der Waals surface area contributed by atoms with Gasteiger partial charge >= 0.3 is 12.7 Å². The second kappa shape index (κ2) is 7.91. The van der Waals surface area contributed by atoms with Gasteiger partial charge in [0, 0.05) is 12.3 Å². The van der Waals surface area contributed by atoms with E-state index in [1.165, 1.54) is 6.92 Å². The number of fused-ring (bicyclic) bond motifs is 1. The molecule has 1 aliphatic heterocycles. The first-order chi connectivity index (χ1) is 15.0. The van der Waals surface area contributed by atoms with Crippen LogP contribution in [0.2, 0.25) is 0 Å². The number of benzene rings is 2. The molecule has 1 fully saturated rings. The summed E-state index contributed by atoms with van der Waals surface area (Å²) in [6.07, 6.45) is 0.0620. The second-order valence-corrected chi connectivity index (χ2v) is 9.36. The van der Waals surface area contributed by atoms with Crippen LogP contribution in [0, 0.1) is 0 Å². The van der Waals surface area contributed by atoms with E-state index in [0.29, 0.717) is 11.0 Å². The zero-order valence-corrected chi connectivity index (χ0v) is 19.0. The van der Waals surface area contributed by atoms with Gasteiger partial charge in [-0.1, -0.05) is 36.4 Å². The van der Waals surface area contributed by atoms with Crippen molar-refractivity contribution in [3.8, 4) is 5.75 Å². The number of para-hydroxylation sites is 1. The number of carbonyl (C=O) groups is 1. The van der Waals surface area contributed by atoms with Gasteiger partial charge in [-0.05, 0) is 57.8 Å². The van der Waals surface area contributed by atoms with Crippen molar-refractivity contribution in [1.82, 2.24) is 0 Å². The van der Waals surface area contributed by atoms with E-state index in [9.17, 15) is 14.7 Å². The van der Waals surface area contributed by atoms with Crippen LogP contribution in [-0.4, -0.2) is 29.2 Å². The largest absolute Gasteiger partial charge is 0.507 e. The monoisotopic (exact) mass is 434 g/mol. The molecule has 0 saturated carbocycles. The van der Waals surface area contributed by atoms with E-state index in [2.05, 4.69) is 0 Å². The average Bonchev–Trinajstić information content (AvgIpc) is 2.94.